The summed E-state index contributed by atoms with van der Waals surface area (Å²) in [4.78, 5) is 12.6. The second kappa shape index (κ2) is 6.39. The van der Waals surface area contributed by atoms with Crippen LogP contribution in [-0.2, 0) is 11.2 Å². The highest BCUT2D eigenvalue weighted by Gasteiger charge is 2.00. The van der Waals surface area contributed by atoms with Gasteiger partial charge in [-0.2, -0.15) is 0 Å². The van der Waals surface area contributed by atoms with Gasteiger partial charge in [-0.3, -0.25) is 4.79 Å². The molecular formula is C12H14OS. The summed E-state index contributed by atoms with van der Waals surface area (Å²) in [7, 11) is 0. The summed E-state index contributed by atoms with van der Waals surface area (Å²) in [6, 6.07) is 4.16. The van der Waals surface area contributed by atoms with Crippen LogP contribution >= 0.6 is 11.3 Å². The van der Waals surface area contributed by atoms with Gasteiger partial charge < -0.3 is 0 Å². The van der Waals surface area contributed by atoms with E-state index in [9.17, 15) is 4.79 Å². The van der Waals surface area contributed by atoms with Gasteiger partial charge in [0, 0.05) is 11.3 Å². The minimum atomic E-state index is 0.260. The van der Waals surface area contributed by atoms with E-state index in [1.54, 1.807) is 18.3 Å². The molecule has 0 spiro atoms. The molecule has 0 radical (unpaired) electrons. The van der Waals surface area contributed by atoms with Gasteiger partial charge in [0.15, 0.2) is 0 Å². The van der Waals surface area contributed by atoms with Crippen LogP contribution in [0, 0.1) is 11.8 Å². The van der Waals surface area contributed by atoms with Crippen LogP contribution in [0.3, 0.4) is 0 Å². The van der Waals surface area contributed by atoms with Crippen LogP contribution in [0.5, 0.6) is 0 Å². The van der Waals surface area contributed by atoms with E-state index in [1.807, 2.05) is 6.07 Å². The molecule has 74 valence electrons. The van der Waals surface area contributed by atoms with Crippen LogP contribution in [0.4, 0.5) is 0 Å². The van der Waals surface area contributed by atoms with Crippen molar-refractivity contribution in [2.75, 3.05) is 0 Å². The van der Waals surface area contributed by atoms with E-state index >= 15 is 0 Å². The maximum atomic E-state index is 11.2. The third-order valence-electron chi connectivity index (χ3n) is 1.92. The third-order valence-corrected chi connectivity index (χ3v) is 2.86. The van der Waals surface area contributed by atoms with Crippen molar-refractivity contribution in [1.82, 2.24) is 0 Å². The highest BCUT2D eigenvalue weighted by atomic mass is 32.1. The lowest BCUT2D eigenvalue weighted by molar-refractivity contribution is -0.118. The Morgan fingerprint density at radius 1 is 1.57 bits per heavy atom. The van der Waals surface area contributed by atoms with Crippen molar-refractivity contribution in [2.45, 2.75) is 32.6 Å². The Morgan fingerprint density at radius 3 is 3.07 bits per heavy atom. The molecule has 1 heterocycles. The first-order valence-electron chi connectivity index (χ1n) is 4.76. The first-order valence-corrected chi connectivity index (χ1v) is 5.64. The summed E-state index contributed by atoms with van der Waals surface area (Å²) in [5.74, 6) is 5.79. The number of thiophene rings is 1. The molecule has 0 saturated heterocycles. The summed E-state index contributed by atoms with van der Waals surface area (Å²) in [6.45, 7) is 1.76. The molecule has 1 nitrogen and oxygen atoms in total. The van der Waals surface area contributed by atoms with Gasteiger partial charge in [0.05, 0.1) is 6.42 Å². The fourth-order valence-corrected chi connectivity index (χ4v) is 1.94. The van der Waals surface area contributed by atoms with Crippen molar-refractivity contribution in [2.24, 2.45) is 0 Å². The number of hydrogen-bond acceptors (Lipinski definition) is 2. The largest absolute Gasteiger partial charge is 0.299 e. The summed E-state index contributed by atoms with van der Waals surface area (Å²) >= 11 is 1.75. The Kier molecular flexibility index (Phi) is 5.03. The maximum Gasteiger partial charge on any atom is 0.144 e. The Bertz CT molecular complexity index is 327. The van der Waals surface area contributed by atoms with E-state index in [0.29, 0.717) is 12.8 Å². The van der Waals surface area contributed by atoms with E-state index in [1.165, 1.54) is 4.88 Å². The molecule has 0 aromatic carbocycles. The van der Waals surface area contributed by atoms with Crippen LogP contribution in [0.2, 0.25) is 0 Å². The maximum absolute atomic E-state index is 11.2. The van der Waals surface area contributed by atoms with E-state index < -0.39 is 0 Å². The molecule has 14 heavy (non-hydrogen) atoms. The molecule has 0 amide bonds. The number of hydrogen-bond donors (Lipinski definition) is 0. The lowest BCUT2D eigenvalue weighted by atomic mass is 10.1. The van der Waals surface area contributed by atoms with Crippen molar-refractivity contribution < 1.29 is 4.79 Å². The zero-order valence-electron chi connectivity index (χ0n) is 8.38. The minimum Gasteiger partial charge on any atom is -0.299 e. The molecule has 0 atom stereocenters. The fourth-order valence-electron chi connectivity index (χ4n) is 1.19. The first-order chi connectivity index (χ1) is 6.83. The topological polar surface area (TPSA) is 17.1 Å². The molecule has 0 saturated carbocycles. The third kappa shape index (κ3) is 4.25. The number of aryl methyl sites for hydroxylation is 1. The Labute approximate surface area is 89.2 Å². The lowest BCUT2D eigenvalue weighted by Crippen LogP contribution is -1.96. The SMILES string of the molecule is CC#CCC(=O)CCCc1cccs1. The van der Waals surface area contributed by atoms with Gasteiger partial charge in [0.25, 0.3) is 0 Å². The van der Waals surface area contributed by atoms with Gasteiger partial charge in [0.2, 0.25) is 0 Å². The van der Waals surface area contributed by atoms with Crippen LogP contribution in [0.25, 0.3) is 0 Å². The molecule has 1 aromatic heterocycles. The van der Waals surface area contributed by atoms with Crippen molar-refractivity contribution in [3.05, 3.63) is 22.4 Å². The number of rotatable bonds is 5. The molecule has 1 aromatic rings. The van der Waals surface area contributed by atoms with Crippen molar-refractivity contribution in [1.29, 1.82) is 0 Å². The molecule has 0 unspecified atom stereocenters. The fraction of sp³-hybridized carbons (Fsp3) is 0.417. The quantitative estimate of drug-likeness (QED) is 0.677. The summed E-state index contributed by atoms with van der Waals surface area (Å²) < 4.78 is 0. The van der Waals surface area contributed by atoms with Crippen molar-refractivity contribution in [3.8, 4) is 11.8 Å². The predicted molar refractivity (Wildman–Crippen MR) is 60.3 cm³/mol. The van der Waals surface area contributed by atoms with Crippen LogP contribution in [-0.4, -0.2) is 5.78 Å². The molecular weight excluding hydrogens is 192 g/mol. The number of Topliss-reactive ketones (excluding diaryl/α,β-unsaturated/α-hetero) is 1. The zero-order chi connectivity index (χ0) is 10.2. The number of carbonyl (C=O) groups is 1. The van der Waals surface area contributed by atoms with Gasteiger partial charge in [0.1, 0.15) is 5.78 Å². The standard InChI is InChI=1S/C12H14OS/c1-2-3-6-11(13)7-4-8-12-9-5-10-14-12/h5,9-10H,4,6-8H2,1H3. The summed E-state index contributed by atoms with van der Waals surface area (Å²) in [6.07, 6.45) is 3.04. The van der Waals surface area contributed by atoms with E-state index in [0.717, 1.165) is 12.8 Å². The van der Waals surface area contributed by atoms with Crippen LogP contribution in [0.15, 0.2) is 17.5 Å². The van der Waals surface area contributed by atoms with E-state index in [-0.39, 0.29) is 5.78 Å². The van der Waals surface area contributed by atoms with Gasteiger partial charge in [-0.25, -0.2) is 0 Å². The smallest absolute Gasteiger partial charge is 0.144 e. The van der Waals surface area contributed by atoms with Crippen LogP contribution in [0.1, 0.15) is 31.1 Å². The molecule has 1 rings (SSSR count). The average Bonchev–Trinajstić information content (AvgIpc) is 2.67. The molecule has 0 bridgehead atoms. The summed E-state index contributed by atoms with van der Waals surface area (Å²) in [5, 5.41) is 2.07. The van der Waals surface area contributed by atoms with Crippen LogP contribution < -0.4 is 0 Å². The number of ketones is 1. The highest BCUT2D eigenvalue weighted by Crippen LogP contribution is 2.12. The Morgan fingerprint density at radius 2 is 2.43 bits per heavy atom. The van der Waals surface area contributed by atoms with Crippen molar-refractivity contribution in [3.63, 3.8) is 0 Å². The highest BCUT2D eigenvalue weighted by molar-refractivity contribution is 7.09. The molecule has 0 aliphatic heterocycles. The minimum absolute atomic E-state index is 0.260. The Hall–Kier alpha value is -1.07. The van der Waals surface area contributed by atoms with Gasteiger partial charge >= 0.3 is 0 Å². The predicted octanol–water partition coefficient (Wildman–Crippen LogP) is 3.05. The Balaban J connectivity index is 2.14. The monoisotopic (exact) mass is 206 g/mol. The normalized spacial score (nSPS) is 9.21. The van der Waals surface area contributed by atoms with Gasteiger partial charge in [-0.15, -0.1) is 17.3 Å². The second-order valence-electron chi connectivity index (χ2n) is 3.08. The average molecular weight is 206 g/mol. The van der Waals surface area contributed by atoms with Gasteiger partial charge in [-0.05, 0) is 31.2 Å². The summed E-state index contributed by atoms with van der Waals surface area (Å²) in [5.41, 5.74) is 0. The molecule has 2 heteroatoms. The zero-order valence-corrected chi connectivity index (χ0v) is 9.19. The first kappa shape index (κ1) is 11.0. The molecule has 0 fully saturated rings. The lowest BCUT2D eigenvalue weighted by Gasteiger charge is -1.95. The van der Waals surface area contributed by atoms with Gasteiger partial charge in [-0.1, -0.05) is 12.0 Å². The molecule has 0 aliphatic rings. The number of carbonyl (C=O) groups excluding carboxylic acids is 1. The second-order valence-corrected chi connectivity index (χ2v) is 4.11. The molecule has 0 aliphatic carbocycles. The molecule has 0 N–H and O–H groups in total. The van der Waals surface area contributed by atoms with Crippen molar-refractivity contribution >= 4 is 17.1 Å². The van der Waals surface area contributed by atoms with E-state index in [2.05, 4.69) is 23.3 Å². The van der Waals surface area contributed by atoms with E-state index in [4.69, 9.17) is 0 Å².